The SMILES string of the molecule is CCOCCCN1C(=O)c2ccccc2C1Nc1cccc(C(=O)N2CCCC(C(=O)OCC)C2)c1. The normalized spacial score (nSPS) is 19.2. The Labute approximate surface area is 212 Å². The van der Waals surface area contributed by atoms with Gasteiger partial charge in [0.05, 0.1) is 12.5 Å². The van der Waals surface area contributed by atoms with E-state index in [4.69, 9.17) is 9.47 Å². The number of esters is 1. The van der Waals surface area contributed by atoms with Gasteiger partial charge in [0.15, 0.2) is 0 Å². The number of nitrogens with zero attached hydrogens (tertiary/aromatic N) is 2. The maximum absolute atomic E-state index is 13.3. The van der Waals surface area contributed by atoms with E-state index < -0.39 is 0 Å². The predicted molar refractivity (Wildman–Crippen MR) is 137 cm³/mol. The van der Waals surface area contributed by atoms with Gasteiger partial charge < -0.3 is 24.6 Å². The minimum Gasteiger partial charge on any atom is -0.466 e. The standard InChI is InChI=1S/C28H35N3O5/c1-3-35-17-9-16-31-25(23-13-5-6-14-24(23)27(31)33)29-22-12-7-10-20(18-22)26(32)30-15-8-11-21(19-30)28(34)36-4-2/h5-7,10,12-14,18,21,25,29H,3-4,8-9,11,15-17,19H2,1-2H3. The fraction of sp³-hybridized carbons (Fsp3) is 0.464. The first-order valence-electron chi connectivity index (χ1n) is 12.8. The van der Waals surface area contributed by atoms with Crippen LogP contribution in [0.15, 0.2) is 48.5 Å². The molecule has 2 aliphatic rings. The molecular formula is C28H35N3O5. The van der Waals surface area contributed by atoms with E-state index in [9.17, 15) is 14.4 Å². The van der Waals surface area contributed by atoms with E-state index in [1.807, 2.05) is 54.3 Å². The van der Waals surface area contributed by atoms with E-state index in [0.29, 0.717) is 50.6 Å². The molecule has 0 radical (unpaired) electrons. The molecule has 2 aliphatic heterocycles. The van der Waals surface area contributed by atoms with Gasteiger partial charge in [-0.15, -0.1) is 0 Å². The van der Waals surface area contributed by atoms with Crippen LogP contribution in [0.4, 0.5) is 5.69 Å². The number of anilines is 1. The smallest absolute Gasteiger partial charge is 0.310 e. The summed E-state index contributed by atoms with van der Waals surface area (Å²) < 4.78 is 10.6. The van der Waals surface area contributed by atoms with Crippen LogP contribution in [0.25, 0.3) is 0 Å². The summed E-state index contributed by atoms with van der Waals surface area (Å²) in [5, 5.41) is 3.48. The Morgan fingerprint density at radius 2 is 1.92 bits per heavy atom. The fourth-order valence-electron chi connectivity index (χ4n) is 4.93. The number of carbonyl (C=O) groups excluding carboxylic acids is 3. The zero-order valence-electron chi connectivity index (χ0n) is 21.1. The van der Waals surface area contributed by atoms with Crippen LogP contribution in [-0.4, -0.2) is 67.0 Å². The maximum atomic E-state index is 13.3. The van der Waals surface area contributed by atoms with E-state index in [1.54, 1.807) is 17.9 Å². The molecule has 1 N–H and O–H groups in total. The monoisotopic (exact) mass is 493 g/mol. The van der Waals surface area contributed by atoms with Gasteiger partial charge in [-0.25, -0.2) is 0 Å². The number of carbonyl (C=O) groups is 3. The Balaban J connectivity index is 1.49. The molecule has 2 heterocycles. The summed E-state index contributed by atoms with van der Waals surface area (Å²) in [4.78, 5) is 42.2. The molecule has 4 rings (SSSR count). The Bertz CT molecular complexity index is 1090. The highest BCUT2D eigenvalue weighted by molar-refractivity contribution is 5.99. The molecule has 1 saturated heterocycles. The number of fused-ring (bicyclic) bond motifs is 1. The Hall–Kier alpha value is -3.39. The Morgan fingerprint density at radius 1 is 1.08 bits per heavy atom. The van der Waals surface area contributed by atoms with Crippen molar-refractivity contribution in [1.82, 2.24) is 9.80 Å². The third-order valence-electron chi connectivity index (χ3n) is 6.69. The molecule has 2 atom stereocenters. The number of hydrogen-bond acceptors (Lipinski definition) is 6. The van der Waals surface area contributed by atoms with Crippen molar-refractivity contribution in [1.29, 1.82) is 0 Å². The van der Waals surface area contributed by atoms with Crippen molar-refractivity contribution in [2.75, 3.05) is 44.8 Å². The first-order valence-corrected chi connectivity index (χ1v) is 12.8. The number of amides is 2. The van der Waals surface area contributed by atoms with Crippen molar-refractivity contribution in [3.63, 3.8) is 0 Å². The minimum absolute atomic E-state index is 0.00912. The van der Waals surface area contributed by atoms with Crippen LogP contribution in [0.3, 0.4) is 0 Å². The predicted octanol–water partition coefficient (Wildman–Crippen LogP) is 4.10. The molecule has 0 spiro atoms. The zero-order chi connectivity index (χ0) is 25.5. The summed E-state index contributed by atoms with van der Waals surface area (Å²) in [6.07, 6.45) is 1.91. The molecule has 0 bridgehead atoms. The van der Waals surface area contributed by atoms with Crippen molar-refractivity contribution in [3.05, 3.63) is 65.2 Å². The lowest BCUT2D eigenvalue weighted by Crippen LogP contribution is -2.42. The van der Waals surface area contributed by atoms with Gasteiger partial charge >= 0.3 is 5.97 Å². The van der Waals surface area contributed by atoms with E-state index >= 15 is 0 Å². The maximum Gasteiger partial charge on any atom is 0.310 e. The lowest BCUT2D eigenvalue weighted by atomic mass is 9.97. The molecule has 192 valence electrons. The van der Waals surface area contributed by atoms with Crippen LogP contribution in [-0.2, 0) is 14.3 Å². The molecule has 8 heteroatoms. The van der Waals surface area contributed by atoms with Crippen LogP contribution in [0.2, 0.25) is 0 Å². The molecule has 8 nitrogen and oxygen atoms in total. The van der Waals surface area contributed by atoms with Gasteiger partial charge in [-0.3, -0.25) is 14.4 Å². The number of nitrogens with one attached hydrogen (secondary N) is 1. The Kier molecular flexibility index (Phi) is 8.59. The van der Waals surface area contributed by atoms with Gasteiger partial charge in [0, 0.05) is 55.2 Å². The fourth-order valence-corrected chi connectivity index (χ4v) is 4.93. The van der Waals surface area contributed by atoms with Crippen LogP contribution in [0.5, 0.6) is 0 Å². The summed E-state index contributed by atoms with van der Waals surface area (Å²) in [6.45, 7) is 6.87. The third-order valence-corrected chi connectivity index (χ3v) is 6.69. The summed E-state index contributed by atoms with van der Waals surface area (Å²) in [5.74, 6) is -0.635. The van der Waals surface area contributed by atoms with Crippen molar-refractivity contribution in [2.24, 2.45) is 5.92 Å². The Morgan fingerprint density at radius 3 is 2.72 bits per heavy atom. The molecule has 0 aromatic heterocycles. The lowest BCUT2D eigenvalue weighted by Gasteiger charge is -2.32. The molecule has 0 aliphatic carbocycles. The molecule has 36 heavy (non-hydrogen) atoms. The molecule has 0 saturated carbocycles. The molecular weight excluding hydrogens is 458 g/mol. The number of ether oxygens (including phenoxy) is 2. The summed E-state index contributed by atoms with van der Waals surface area (Å²) in [7, 11) is 0. The number of hydrogen-bond donors (Lipinski definition) is 1. The summed E-state index contributed by atoms with van der Waals surface area (Å²) in [6, 6.07) is 15.0. The van der Waals surface area contributed by atoms with E-state index in [1.165, 1.54) is 0 Å². The number of piperidine rings is 1. The van der Waals surface area contributed by atoms with Crippen LogP contribution >= 0.6 is 0 Å². The van der Waals surface area contributed by atoms with E-state index in [0.717, 1.165) is 30.5 Å². The molecule has 2 amide bonds. The van der Waals surface area contributed by atoms with Gasteiger partial charge in [0.1, 0.15) is 6.17 Å². The zero-order valence-corrected chi connectivity index (χ0v) is 21.1. The van der Waals surface area contributed by atoms with Crippen LogP contribution < -0.4 is 5.32 Å². The quantitative estimate of drug-likeness (QED) is 0.396. The van der Waals surface area contributed by atoms with Crippen molar-refractivity contribution >= 4 is 23.5 Å². The van der Waals surface area contributed by atoms with Gasteiger partial charge in [0.25, 0.3) is 11.8 Å². The molecule has 2 aromatic carbocycles. The highest BCUT2D eigenvalue weighted by Crippen LogP contribution is 2.34. The summed E-state index contributed by atoms with van der Waals surface area (Å²) in [5.41, 5.74) is 2.91. The lowest BCUT2D eigenvalue weighted by molar-refractivity contribution is -0.149. The van der Waals surface area contributed by atoms with Gasteiger partial charge in [0.2, 0.25) is 0 Å². The highest BCUT2D eigenvalue weighted by Gasteiger charge is 2.36. The van der Waals surface area contributed by atoms with Crippen molar-refractivity contribution in [2.45, 2.75) is 39.3 Å². The second kappa shape index (κ2) is 12.0. The number of benzene rings is 2. The van der Waals surface area contributed by atoms with E-state index in [2.05, 4.69) is 5.32 Å². The van der Waals surface area contributed by atoms with Gasteiger partial charge in [-0.05, 0) is 57.4 Å². The largest absolute Gasteiger partial charge is 0.466 e. The molecule has 1 fully saturated rings. The second-order valence-corrected chi connectivity index (χ2v) is 9.11. The van der Waals surface area contributed by atoms with Crippen molar-refractivity contribution in [3.8, 4) is 0 Å². The van der Waals surface area contributed by atoms with Gasteiger partial charge in [-0.1, -0.05) is 24.3 Å². The topological polar surface area (TPSA) is 88.2 Å². The first kappa shape index (κ1) is 25.7. The van der Waals surface area contributed by atoms with Crippen LogP contribution in [0.1, 0.15) is 65.6 Å². The number of likely N-dealkylation sites (tertiary alicyclic amines) is 1. The molecule has 2 unspecified atom stereocenters. The second-order valence-electron chi connectivity index (χ2n) is 9.11. The van der Waals surface area contributed by atoms with E-state index in [-0.39, 0.29) is 29.9 Å². The summed E-state index contributed by atoms with van der Waals surface area (Å²) >= 11 is 0. The third kappa shape index (κ3) is 5.70. The van der Waals surface area contributed by atoms with Crippen LogP contribution in [0, 0.1) is 5.92 Å². The van der Waals surface area contributed by atoms with Gasteiger partial charge in [-0.2, -0.15) is 0 Å². The first-order chi connectivity index (χ1) is 17.5. The average Bonchev–Trinajstić information content (AvgIpc) is 3.17. The molecule has 2 aromatic rings. The highest BCUT2D eigenvalue weighted by atomic mass is 16.5. The minimum atomic E-state index is -0.330. The van der Waals surface area contributed by atoms with Crippen molar-refractivity contribution < 1.29 is 23.9 Å². The number of rotatable bonds is 10. The average molecular weight is 494 g/mol.